The van der Waals surface area contributed by atoms with Crippen LogP contribution in [0.25, 0.3) is 0 Å². The normalized spacial score (nSPS) is 10.8. The Hall–Kier alpha value is 0.104. The predicted octanol–water partition coefficient (Wildman–Crippen LogP) is 0.705. The van der Waals surface area contributed by atoms with E-state index in [0.717, 1.165) is 6.42 Å². The van der Waals surface area contributed by atoms with E-state index in [1.807, 2.05) is 6.92 Å². The van der Waals surface area contributed by atoms with Crippen molar-refractivity contribution in [3.8, 4) is 0 Å². The molecule has 0 rings (SSSR count). The summed E-state index contributed by atoms with van der Waals surface area (Å²) in [5.74, 6) is -0.545. The van der Waals surface area contributed by atoms with Crippen molar-refractivity contribution < 1.29 is 41.5 Å². The molecule has 0 saturated heterocycles. The molecule has 5 heteroatoms. The van der Waals surface area contributed by atoms with Gasteiger partial charge in [-0.3, -0.25) is 0 Å². The van der Waals surface area contributed by atoms with Gasteiger partial charge in [-0.05, 0) is 27.2 Å². The molecule has 0 aliphatic rings. The summed E-state index contributed by atoms with van der Waals surface area (Å²) in [6.45, 7) is 7.12. The molecule has 84 valence electrons. The Morgan fingerprint density at radius 2 is 1.64 bits per heavy atom. The first-order chi connectivity index (χ1) is 5.91. The van der Waals surface area contributed by atoms with Gasteiger partial charge in [-0.25, -0.2) is 4.79 Å². The number of aliphatic hydroxyl groups is 2. The quantitative estimate of drug-likeness (QED) is 0.563. The Kier molecular flexibility index (Phi) is 18.4. The van der Waals surface area contributed by atoms with Crippen LogP contribution in [0, 0.1) is 0 Å². The van der Waals surface area contributed by atoms with Crippen molar-refractivity contribution in [3.05, 3.63) is 0 Å². The maximum absolute atomic E-state index is 10.4. The van der Waals surface area contributed by atoms with Crippen LogP contribution in [0.15, 0.2) is 0 Å². The Balaban J connectivity index is -0.000000209. The molecule has 0 radical (unpaired) electrons. The van der Waals surface area contributed by atoms with Gasteiger partial charge in [0, 0.05) is 27.8 Å². The van der Waals surface area contributed by atoms with Gasteiger partial charge >= 0.3 is 5.97 Å². The van der Waals surface area contributed by atoms with E-state index in [0.29, 0.717) is 6.61 Å². The standard InChI is InChI=1S/C6H12O3.C3H8O.Ti/c1-3-4-9-6(8)5(2)7;1-3(2)4;/h5,7H,3-4H2,1-2H3;3-4H,1-2H3;. The second-order valence-corrected chi connectivity index (χ2v) is 2.94. The van der Waals surface area contributed by atoms with Crippen molar-refractivity contribution in [1.82, 2.24) is 0 Å². The molecular formula is C9H20O4Ti. The van der Waals surface area contributed by atoms with Gasteiger partial charge in [0.25, 0.3) is 0 Å². The summed E-state index contributed by atoms with van der Waals surface area (Å²) in [7, 11) is 0. The molecule has 14 heavy (non-hydrogen) atoms. The van der Waals surface area contributed by atoms with Crippen LogP contribution in [0.3, 0.4) is 0 Å². The number of ether oxygens (including phenoxy) is 1. The van der Waals surface area contributed by atoms with E-state index in [1.54, 1.807) is 13.8 Å². The molecule has 2 N–H and O–H groups in total. The third-order valence-electron chi connectivity index (χ3n) is 0.790. The molecule has 4 nitrogen and oxygen atoms in total. The van der Waals surface area contributed by atoms with E-state index < -0.39 is 12.1 Å². The zero-order chi connectivity index (χ0) is 10.9. The summed E-state index contributed by atoms with van der Waals surface area (Å²) in [6.07, 6.45) is -0.366. The van der Waals surface area contributed by atoms with Crippen molar-refractivity contribution >= 4 is 5.97 Å². The number of hydrogen-bond donors (Lipinski definition) is 2. The van der Waals surface area contributed by atoms with Gasteiger partial charge in [0.2, 0.25) is 0 Å². The summed E-state index contributed by atoms with van der Waals surface area (Å²) in [4.78, 5) is 10.4. The minimum atomic E-state index is -0.989. The maximum atomic E-state index is 10.4. The molecule has 0 aromatic rings. The van der Waals surface area contributed by atoms with Crippen molar-refractivity contribution in [1.29, 1.82) is 0 Å². The van der Waals surface area contributed by atoms with Crippen LogP contribution in [-0.4, -0.2) is 35.0 Å². The Bertz CT molecular complexity index is 123. The monoisotopic (exact) mass is 240 g/mol. The van der Waals surface area contributed by atoms with Crippen LogP contribution < -0.4 is 0 Å². The van der Waals surface area contributed by atoms with E-state index in [4.69, 9.17) is 10.2 Å². The van der Waals surface area contributed by atoms with E-state index in [1.165, 1.54) is 6.92 Å². The van der Waals surface area contributed by atoms with Crippen LogP contribution in [-0.2, 0) is 31.2 Å². The summed E-state index contributed by atoms with van der Waals surface area (Å²) >= 11 is 0. The first-order valence-electron chi connectivity index (χ1n) is 4.44. The number of aliphatic hydroxyl groups excluding tert-OH is 2. The van der Waals surface area contributed by atoms with Gasteiger partial charge in [0.1, 0.15) is 6.10 Å². The number of rotatable bonds is 3. The first-order valence-corrected chi connectivity index (χ1v) is 4.44. The molecule has 1 unspecified atom stereocenters. The van der Waals surface area contributed by atoms with Gasteiger partial charge in [-0.1, -0.05) is 6.92 Å². The maximum Gasteiger partial charge on any atom is 0.334 e. The van der Waals surface area contributed by atoms with Gasteiger partial charge < -0.3 is 14.9 Å². The third-order valence-corrected chi connectivity index (χ3v) is 0.790. The van der Waals surface area contributed by atoms with Crippen LogP contribution in [0.5, 0.6) is 0 Å². The van der Waals surface area contributed by atoms with Gasteiger partial charge in [0.15, 0.2) is 0 Å². The predicted molar refractivity (Wildman–Crippen MR) is 50.3 cm³/mol. The minimum Gasteiger partial charge on any atom is -0.464 e. The number of esters is 1. The van der Waals surface area contributed by atoms with Crippen molar-refractivity contribution in [2.75, 3.05) is 6.61 Å². The molecule has 0 fully saturated rings. The molecule has 0 aliphatic carbocycles. The number of hydrogen-bond acceptors (Lipinski definition) is 4. The van der Waals surface area contributed by atoms with Gasteiger partial charge in [-0.15, -0.1) is 0 Å². The van der Waals surface area contributed by atoms with Crippen LogP contribution in [0.4, 0.5) is 0 Å². The first kappa shape index (κ1) is 19.6. The van der Waals surface area contributed by atoms with E-state index in [-0.39, 0.29) is 27.8 Å². The minimum absolute atomic E-state index is 0. The number of carbonyl (C=O) groups is 1. The summed E-state index contributed by atoms with van der Waals surface area (Å²) in [5.41, 5.74) is 0. The fraction of sp³-hybridized carbons (Fsp3) is 0.889. The second-order valence-electron chi connectivity index (χ2n) is 2.94. The van der Waals surface area contributed by atoms with E-state index in [9.17, 15) is 4.79 Å². The van der Waals surface area contributed by atoms with E-state index in [2.05, 4.69) is 4.74 Å². The largest absolute Gasteiger partial charge is 0.464 e. The molecular weight excluding hydrogens is 220 g/mol. The average molecular weight is 240 g/mol. The SMILES string of the molecule is CC(C)O.CCCOC(=O)C(C)O.[Ti]. The van der Waals surface area contributed by atoms with Crippen LogP contribution >= 0.6 is 0 Å². The Morgan fingerprint density at radius 3 is 1.86 bits per heavy atom. The van der Waals surface area contributed by atoms with Crippen molar-refractivity contribution in [2.45, 2.75) is 46.3 Å². The molecule has 0 saturated carbocycles. The number of carbonyl (C=O) groups excluding carboxylic acids is 1. The van der Waals surface area contributed by atoms with Crippen LogP contribution in [0.2, 0.25) is 0 Å². The van der Waals surface area contributed by atoms with Crippen molar-refractivity contribution in [2.24, 2.45) is 0 Å². The smallest absolute Gasteiger partial charge is 0.334 e. The molecule has 0 aliphatic heterocycles. The van der Waals surface area contributed by atoms with E-state index >= 15 is 0 Å². The van der Waals surface area contributed by atoms with Gasteiger partial charge in [-0.2, -0.15) is 0 Å². The fourth-order valence-electron chi connectivity index (χ4n) is 0.323. The average Bonchev–Trinajstić information content (AvgIpc) is 1.98. The zero-order valence-corrected chi connectivity index (χ0v) is 10.8. The summed E-state index contributed by atoms with van der Waals surface area (Å²) in [5, 5.41) is 16.6. The molecule has 0 amide bonds. The Morgan fingerprint density at radius 1 is 1.29 bits per heavy atom. The summed E-state index contributed by atoms with van der Waals surface area (Å²) in [6, 6.07) is 0. The molecule has 0 bridgehead atoms. The molecule has 1 atom stereocenters. The zero-order valence-electron chi connectivity index (χ0n) is 9.28. The summed E-state index contributed by atoms with van der Waals surface area (Å²) < 4.78 is 4.56. The van der Waals surface area contributed by atoms with Crippen LogP contribution in [0.1, 0.15) is 34.1 Å². The van der Waals surface area contributed by atoms with Crippen molar-refractivity contribution in [3.63, 3.8) is 0 Å². The third kappa shape index (κ3) is 22.7. The topological polar surface area (TPSA) is 66.8 Å². The molecule has 0 heterocycles. The molecule has 0 aromatic carbocycles. The molecule has 0 spiro atoms. The molecule has 0 aromatic heterocycles. The van der Waals surface area contributed by atoms with Gasteiger partial charge in [0.05, 0.1) is 6.61 Å². The Labute approximate surface area is 101 Å². The second kappa shape index (κ2) is 13.1. The fourth-order valence-corrected chi connectivity index (χ4v) is 0.323.